The molecule has 0 atom stereocenters. The summed E-state index contributed by atoms with van der Waals surface area (Å²) in [6.45, 7) is 0. The van der Waals surface area contributed by atoms with Crippen LogP contribution in [0.5, 0.6) is 0 Å². The first-order valence-corrected chi connectivity index (χ1v) is 11.7. The van der Waals surface area contributed by atoms with Crippen LogP contribution in [0.3, 0.4) is 0 Å². The molecule has 0 amide bonds. The van der Waals surface area contributed by atoms with Gasteiger partial charge in [0.05, 0.1) is 0 Å². The topological polar surface area (TPSA) is 0 Å². The van der Waals surface area contributed by atoms with Crippen molar-refractivity contribution in [2.75, 3.05) is 0 Å². The fraction of sp³-hybridized carbons (Fsp3) is 0.400. The van der Waals surface area contributed by atoms with Gasteiger partial charge in [0.2, 0.25) is 0 Å². The van der Waals surface area contributed by atoms with Gasteiger partial charge in [-0.1, -0.05) is 0 Å². The van der Waals surface area contributed by atoms with Crippen LogP contribution >= 0.6 is 0 Å². The van der Waals surface area contributed by atoms with Gasteiger partial charge in [-0.05, 0) is 0 Å². The first-order chi connectivity index (χ1) is 6.21. The van der Waals surface area contributed by atoms with Crippen molar-refractivity contribution in [3.05, 3.63) is 29.8 Å². The van der Waals surface area contributed by atoms with Gasteiger partial charge in [-0.3, -0.25) is 0 Å². The van der Waals surface area contributed by atoms with Gasteiger partial charge >= 0.3 is 84.1 Å². The Balaban J connectivity index is 3.02. The predicted molar refractivity (Wildman–Crippen MR) is 54.4 cm³/mol. The standard InChI is InChI=1S/C10H13F3Ge/c1-14(2,3)9-6-4-8(5-7-9)10(11,12)13/h4-7H,1-3H3. The normalized spacial score (nSPS) is 13.0. The Bertz CT molecular complexity index is 273. The Kier molecular flexibility index (Phi) is 3.00. The number of hydrogen-bond acceptors (Lipinski definition) is 0. The average Bonchev–Trinajstić information content (AvgIpc) is 2.01. The molecule has 0 unspecified atom stereocenters. The zero-order chi connectivity index (χ0) is 11.0. The molecule has 0 radical (unpaired) electrons. The minimum absolute atomic E-state index is 0.562. The van der Waals surface area contributed by atoms with Crippen molar-refractivity contribution < 1.29 is 13.2 Å². The summed E-state index contributed by atoms with van der Waals surface area (Å²) in [5.41, 5.74) is -0.562. The van der Waals surface area contributed by atoms with Gasteiger partial charge in [0.25, 0.3) is 0 Å². The summed E-state index contributed by atoms with van der Waals surface area (Å²) in [7, 11) is 0. The van der Waals surface area contributed by atoms with Crippen molar-refractivity contribution in [1.29, 1.82) is 0 Å². The number of rotatable bonds is 1. The van der Waals surface area contributed by atoms with E-state index in [1.807, 2.05) is 0 Å². The minimum atomic E-state index is -4.22. The summed E-state index contributed by atoms with van der Waals surface area (Å²) in [5.74, 6) is 6.47. The molecule has 0 saturated carbocycles. The van der Waals surface area contributed by atoms with Crippen LogP contribution in [0.1, 0.15) is 5.56 Å². The maximum atomic E-state index is 12.2. The number of hydrogen-bond donors (Lipinski definition) is 0. The molecular weight excluding hydrogens is 250 g/mol. The molecule has 0 aromatic heterocycles. The molecule has 0 nitrogen and oxygen atoms in total. The number of alkyl halides is 3. The summed E-state index contributed by atoms with van der Waals surface area (Å²) < 4.78 is 37.8. The second-order valence-electron chi connectivity index (χ2n) is 4.33. The van der Waals surface area contributed by atoms with E-state index in [4.69, 9.17) is 0 Å². The van der Waals surface area contributed by atoms with Gasteiger partial charge in [-0.2, -0.15) is 0 Å². The molecule has 1 aromatic carbocycles. The molecule has 0 aliphatic carbocycles. The van der Waals surface area contributed by atoms with Gasteiger partial charge in [-0.15, -0.1) is 0 Å². The van der Waals surface area contributed by atoms with Gasteiger partial charge in [0.1, 0.15) is 0 Å². The van der Waals surface area contributed by atoms with Crippen LogP contribution in [0, 0.1) is 0 Å². The molecular formula is C10H13F3Ge. The van der Waals surface area contributed by atoms with Crippen LogP contribution in [0.4, 0.5) is 13.2 Å². The van der Waals surface area contributed by atoms with E-state index in [1.165, 1.54) is 12.1 Å². The van der Waals surface area contributed by atoms with E-state index in [-0.39, 0.29) is 0 Å². The summed E-state index contributed by atoms with van der Waals surface area (Å²) in [6, 6.07) is 5.57. The zero-order valence-electron chi connectivity index (χ0n) is 8.44. The summed E-state index contributed by atoms with van der Waals surface area (Å²) >= 11 is -1.96. The SMILES string of the molecule is [CH3][Ge]([CH3])([CH3])[c]1ccc(C(F)(F)F)cc1. The zero-order valence-corrected chi connectivity index (χ0v) is 10.5. The van der Waals surface area contributed by atoms with Gasteiger partial charge in [0.15, 0.2) is 0 Å². The van der Waals surface area contributed by atoms with E-state index in [9.17, 15) is 13.2 Å². The van der Waals surface area contributed by atoms with Crippen molar-refractivity contribution in [3.8, 4) is 0 Å². The van der Waals surface area contributed by atoms with E-state index in [0.29, 0.717) is 0 Å². The Morgan fingerprint density at radius 2 is 1.36 bits per heavy atom. The maximum absolute atomic E-state index is 12.2. The Hall–Kier alpha value is -0.447. The van der Waals surface area contributed by atoms with Crippen molar-refractivity contribution in [3.63, 3.8) is 0 Å². The van der Waals surface area contributed by atoms with Gasteiger partial charge < -0.3 is 0 Å². The number of halogens is 3. The molecule has 0 bridgehead atoms. The monoisotopic (exact) mass is 264 g/mol. The average molecular weight is 263 g/mol. The third kappa shape index (κ3) is 2.77. The molecule has 0 saturated heterocycles. The molecule has 0 spiro atoms. The Labute approximate surface area is 84.5 Å². The third-order valence-electron chi connectivity index (χ3n) is 2.08. The Morgan fingerprint density at radius 1 is 0.929 bits per heavy atom. The fourth-order valence-corrected chi connectivity index (χ4v) is 3.61. The van der Waals surface area contributed by atoms with Crippen LogP contribution in [0.25, 0.3) is 0 Å². The molecule has 1 rings (SSSR count). The van der Waals surface area contributed by atoms with Crippen molar-refractivity contribution in [2.24, 2.45) is 0 Å². The van der Waals surface area contributed by atoms with E-state index in [1.54, 1.807) is 12.1 Å². The summed E-state index contributed by atoms with van der Waals surface area (Å²) in [6.07, 6.45) is -4.22. The molecule has 0 aliphatic heterocycles. The van der Waals surface area contributed by atoms with Crippen LogP contribution in [0.2, 0.25) is 17.3 Å². The molecule has 0 N–H and O–H groups in total. The van der Waals surface area contributed by atoms with Gasteiger partial charge in [-0.25, -0.2) is 0 Å². The molecule has 1 aromatic rings. The van der Waals surface area contributed by atoms with Crippen LogP contribution < -0.4 is 4.40 Å². The van der Waals surface area contributed by atoms with E-state index in [0.717, 1.165) is 4.40 Å². The quantitative estimate of drug-likeness (QED) is 0.682. The van der Waals surface area contributed by atoms with Crippen molar-refractivity contribution in [1.82, 2.24) is 0 Å². The molecule has 0 heterocycles. The molecule has 14 heavy (non-hydrogen) atoms. The van der Waals surface area contributed by atoms with Crippen molar-refractivity contribution >= 4 is 17.7 Å². The fourth-order valence-electron chi connectivity index (χ4n) is 1.16. The van der Waals surface area contributed by atoms with E-state index in [2.05, 4.69) is 17.3 Å². The van der Waals surface area contributed by atoms with Crippen molar-refractivity contribution in [2.45, 2.75) is 23.4 Å². The molecule has 78 valence electrons. The Morgan fingerprint density at radius 3 is 1.64 bits per heavy atom. The first kappa shape index (κ1) is 11.6. The first-order valence-electron chi connectivity index (χ1n) is 4.39. The second kappa shape index (κ2) is 3.61. The molecule has 0 aliphatic rings. The van der Waals surface area contributed by atoms with E-state index >= 15 is 0 Å². The molecule has 0 fully saturated rings. The van der Waals surface area contributed by atoms with Crippen LogP contribution in [-0.4, -0.2) is 13.3 Å². The van der Waals surface area contributed by atoms with Gasteiger partial charge in [0, 0.05) is 0 Å². The van der Waals surface area contributed by atoms with Crippen LogP contribution in [-0.2, 0) is 6.18 Å². The third-order valence-corrected chi connectivity index (χ3v) is 6.41. The van der Waals surface area contributed by atoms with Crippen LogP contribution in [0.15, 0.2) is 24.3 Å². The predicted octanol–water partition coefficient (Wildman–Crippen LogP) is 3.25. The summed E-state index contributed by atoms with van der Waals surface area (Å²) in [4.78, 5) is 0. The summed E-state index contributed by atoms with van der Waals surface area (Å²) in [5, 5.41) is 0. The molecule has 4 heteroatoms. The second-order valence-corrected chi connectivity index (χ2v) is 15.0. The van der Waals surface area contributed by atoms with E-state index < -0.39 is 25.0 Å². The number of benzene rings is 1.